The summed E-state index contributed by atoms with van der Waals surface area (Å²) in [5, 5.41) is 12.7. The number of allylic oxidation sites excluding steroid dienone is 7. The van der Waals surface area contributed by atoms with Crippen LogP contribution in [0.3, 0.4) is 0 Å². The molecule has 0 bridgehead atoms. The Morgan fingerprint density at radius 2 is 1.90 bits per heavy atom. The van der Waals surface area contributed by atoms with Gasteiger partial charge in [-0.25, -0.2) is 9.37 Å². The maximum absolute atomic E-state index is 14.9. The van der Waals surface area contributed by atoms with Crippen LogP contribution in [0.2, 0.25) is 0 Å². The van der Waals surface area contributed by atoms with Crippen LogP contribution in [0.15, 0.2) is 90.6 Å². The van der Waals surface area contributed by atoms with Crippen LogP contribution in [-0.2, 0) is 6.42 Å². The monoisotopic (exact) mass is 685 g/mol. The van der Waals surface area contributed by atoms with E-state index in [1.54, 1.807) is 24.5 Å². The minimum Gasteiger partial charge on any atom is -0.359 e. The first-order chi connectivity index (χ1) is 24.8. The van der Waals surface area contributed by atoms with Gasteiger partial charge in [-0.1, -0.05) is 70.1 Å². The Kier molecular flexibility index (Phi) is 11.9. The van der Waals surface area contributed by atoms with Crippen molar-refractivity contribution in [1.82, 2.24) is 35.4 Å². The number of rotatable bonds is 14. The van der Waals surface area contributed by atoms with Crippen LogP contribution in [0.1, 0.15) is 77.2 Å². The first kappa shape index (κ1) is 36.0. The molecule has 7 nitrogen and oxygen atoms in total. The fourth-order valence-corrected chi connectivity index (χ4v) is 7.47. The molecule has 0 radical (unpaired) electrons. The average molecular weight is 686 g/mol. The number of aromatic nitrogens is 5. The van der Waals surface area contributed by atoms with Crippen molar-refractivity contribution in [3.05, 3.63) is 113 Å². The van der Waals surface area contributed by atoms with Crippen molar-refractivity contribution in [2.75, 3.05) is 19.6 Å². The van der Waals surface area contributed by atoms with Crippen LogP contribution < -0.4 is 15.9 Å². The maximum atomic E-state index is 14.9. The van der Waals surface area contributed by atoms with E-state index in [4.69, 9.17) is 4.98 Å². The molecule has 1 aliphatic carbocycles. The van der Waals surface area contributed by atoms with E-state index in [-0.39, 0.29) is 5.82 Å². The highest BCUT2D eigenvalue weighted by atomic mass is 19.1. The van der Waals surface area contributed by atoms with Crippen molar-refractivity contribution in [3.8, 4) is 22.6 Å². The highest BCUT2D eigenvalue weighted by Crippen LogP contribution is 2.30. The molecule has 0 atom stereocenters. The zero-order chi connectivity index (χ0) is 35.7. The highest BCUT2D eigenvalue weighted by molar-refractivity contribution is 5.92. The van der Waals surface area contributed by atoms with Crippen LogP contribution in [0.25, 0.3) is 46.3 Å². The zero-order valence-electron chi connectivity index (χ0n) is 30.3. The Labute approximate surface area is 301 Å². The SMILES string of the molecule is C=C\C(=C/C(=C\C)C(/C)=C/C=c1/[nH]nc(-c2nc3c(-c4cc(F)cc(CCCN5CCCC5)c4)cncc3[nH]2)c1=C)NC(=C)CC1CCCCC1. The number of aryl methyl sites for hydroxylation is 1. The molecule has 1 aromatic carbocycles. The summed E-state index contributed by atoms with van der Waals surface area (Å²) >= 11 is 0. The van der Waals surface area contributed by atoms with E-state index in [1.807, 2.05) is 19.1 Å². The molecule has 0 spiro atoms. The molecule has 1 saturated carbocycles. The molecule has 2 aliphatic rings. The van der Waals surface area contributed by atoms with E-state index >= 15 is 0 Å². The second kappa shape index (κ2) is 16.9. The van der Waals surface area contributed by atoms with Gasteiger partial charge < -0.3 is 15.2 Å². The van der Waals surface area contributed by atoms with Crippen LogP contribution in [0, 0.1) is 11.7 Å². The quantitative estimate of drug-likeness (QED) is 0.116. The van der Waals surface area contributed by atoms with Crippen molar-refractivity contribution in [2.45, 2.75) is 78.1 Å². The number of hydrogen-bond donors (Lipinski definition) is 3. The second-order valence-corrected chi connectivity index (χ2v) is 14.1. The number of fused-ring (bicyclic) bond motifs is 1. The lowest BCUT2D eigenvalue weighted by Gasteiger charge is -2.23. The van der Waals surface area contributed by atoms with E-state index in [1.165, 1.54) is 58.0 Å². The fraction of sp³-hybridized carbons (Fsp3) is 0.372. The van der Waals surface area contributed by atoms with Gasteiger partial charge in [0.1, 0.15) is 11.5 Å². The lowest BCUT2D eigenvalue weighted by molar-refractivity contribution is 0.334. The van der Waals surface area contributed by atoms with Crippen LogP contribution in [0.5, 0.6) is 0 Å². The number of hydrogen-bond acceptors (Lipinski definition) is 5. The van der Waals surface area contributed by atoms with Gasteiger partial charge in [-0.3, -0.25) is 10.1 Å². The first-order valence-corrected chi connectivity index (χ1v) is 18.5. The van der Waals surface area contributed by atoms with Crippen LogP contribution >= 0.6 is 0 Å². The summed E-state index contributed by atoms with van der Waals surface area (Å²) in [7, 11) is 0. The molecule has 2 fully saturated rings. The number of likely N-dealkylation sites (tertiary alicyclic amines) is 1. The summed E-state index contributed by atoms with van der Waals surface area (Å²) in [6.07, 6.45) is 25.6. The van der Waals surface area contributed by atoms with E-state index in [9.17, 15) is 4.39 Å². The van der Waals surface area contributed by atoms with Crippen molar-refractivity contribution >= 4 is 23.7 Å². The van der Waals surface area contributed by atoms with E-state index in [0.717, 1.165) is 92.6 Å². The van der Waals surface area contributed by atoms with Gasteiger partial charge >= 0.3 is 0 Å². The molecule has 3 N–H and O–H groups in total. The molecule has 8 heteroatoms. The molecule has 3 aromatic heterocycles. The zero-order valence-corrected chi connectivity index (χ0v) is 30.3. The van der Waals surface area contributed by atoms with Gasteiger partial charge in [-0.05, 0) is 124 Å². The number of benzene rings is 1. The van der Waals surface area contributed by atoms with Gasteiger partial charge in [0, 0.05) is 28.4 Å². The molecule has 0 unspecified atom stereocenters. The summed E-state index contributed by atoms with van der Waals surface area (Å²) < 4.78 is 14.9. The van der Waals surface area contributed by atoms with Gasteiger partial charge in [-0.15, -0.1) is 0 Å². The molecule has 1 aliphatic heterocycles. The topological polar surface area (TPSA) is 85.5 Å². The van der Waals surface area contributed by atoms with E-state index in [2.05, 4.69) is 81.3 Å². The highest BCUT2D eigenvalue weighted by Gasteiger charge is 2.17. The van der Waals surface area contributed by atoms with Crippen molar-refractivity contribution < 1.29 is 4.39 Å². The second-order valence-electron chi connectivity index (χ2n) is 14.1. The molecule has 4 heterocycles. The minimum atomic E-state index is -0.249. The molecule has 6 rings (SSSR count). The van der Waals surface area contributed by atoms with Gasteiger partial charge in [0.15, 0.2) is 5.82 Å². The summed E-state index contributed by atoms with van der Waals surface area (Å²) in [6.45, 7) is 20.2. The van der Waals surface area contributed by atoms with Gasteiger partial charge in [0.05, 0.1) is 22.6 Å². The van der Waals surface area contributed by atoms with Gasteiger partial charge in [-0.2, -0.15) is 5.10 Å². The van der Waals surface area contributed by atoms with Crippen molar-refractivity contribution in [3.63, 3.8) is 0 Å². The fourth-order valence-electron chi connectivity index (χ4n) is 7.47. The molecule has 4 aromatic rings. The minimum absolute atomic E-state index is 0.249. The molecule has 0 amide bonds. The van der Waals surface area contributed by atoms with Crippen molar-refractivity contribution in [2.24, 2.45) is 5.92 Å². The Morgan fingerprint density at radius 3 is 2.67 bits per heavy atom. The summed E-state index contributed by atoms with van der Waals surface area (Å²) in [6, 6.07) is 5.27. The third-order valence-corrected chi connectivity index (χ3v) is 10.3. The maximum Gasteiger partial charge on any atom is 0.159 e. The van der Waals surface area contributed by atoms with Gasteiger partial charge in [0.2, 0.25) is 0 Å². The first-order valence-electron chi connectivity index (χ1n) is 18.5. The average Bonchev–Trinajstić information content (AvgIpc) is 3.89. The van der Waals surface area contributed by atoms with E-state index in [0.29, 0.717) is 11.5 Å². The lowest BCUT2D eigenvalue weighted by Crippen LogP contribution is -2.21. The van der Waals surface area contributed by atoms with Crippen LogP contribution in [0.4, 0.5) is 4.39 Å². The van der Waals surface area contributed by atoms with Gasteiger partial charge in [0.25, 0.3) is 0 Å². The number of H-pyrrole nitrogens is 2. The Morgan fingerprint density at radius 1 is 1.10 bits per heavy atom. The Hall–Kier alpha value is -4.82. The van der Waals surface area contributed by atoms with Crippen LogP contribution in [-0.4, -0.2) is 49.7 Å². The predicted molar refractivity (Wildman–Crippen MR) is 209 cm³/mol. The summed E-state index contributed by atoms with van der Waals surface area (Å²) in [5.74, 6) is 1.05. The molecular weight excluding hydrogens is 634 g/mol. The third-order valence-electron chi connectivity index (χ3n) is 10.3. The third kappa shape index (κ3) is 9.11. The number of aromatic amines is 2. The number of nitrogens with one attached hydrogen (secondary N) is 3. The number of halogens is 1. The summed E-state index contributed by atoms with van der Waals surface area (Å²) in [4.78, 5) is 15.2. The molecule has 1 saturated heterocycles. The number of pyridine rings is 1. The molecular formula is C43H52FN7. The largest absolute Gasteiger partial charge is 0.359 e. The summed E-state index contributed by atoms with van der Waals surface area (Å²) in [5.41, 5.74) is 8.76. The normalized spacial score (nSPS) is 17.1. The molecule has 266 valence electrons. The number of imidazole rings is 1. The Balaban J connectivity index is 1.18. The number of nitrogens with zero attached hydrogens (tertiary/aromatic N) is 4. The standard InChI is InChI=1S/C43H52FN7/c1-6-34(26-37(7-2)46-30(4)22-32-14-9-8-10-15-32)29(3)17-18-39-31(5)41(50-49-39)43-47-40-28-45-27-38(42(40)48-43)35-23-33(24-36(44)25-35)16-13-21-51-19-11-12-20-51/h6-7,17-18,23-28,32,46,49H,2,4-5,8-16,19-22H2,1,3H3,(H,47,48)/b29-17+,34-6+,37-26+,39-18+. The smallest absolute Gasteiger partial charge is 0.159 e. The predicted octanol–water partition coefficient (Wildman–Crippen LogP) is 8.41. The molecule has 51 heavy (non-hydrogen) atoms. The lowest BCUT2D eigenvalue weighted by atomic mass is 9.86. The van der Waals surface area contributed by atoms with Crippen molar-refractivity contribution in [1.29, 1.82) is 0 Å². The Bertz CT molecular complexity index is 2070. The van der Waals surface area contributed by atoms with E-state index < -0.39 is 0 Å².